The van der Waals surface area contributed by atoms with E-state index in [-0.39, 0.29) is 6.04 Å². The fourth-order valence-electron chi connectivity index (χ4n) is 2.07. The van der Waals surface area contributed by atoms with Gasteiger partial charge in [0.1, 0.15) is 12.4 Å². The third kappa shape index (κ3) is 3.53. The van der Waals surface area contributed by atoms with Crippen LogP contribution >= 0.6 is 11.6 Å². The number of halogens is 1. The van der Waals surface area contributed by atoms with E-state index in [0.717, 1.165) is 33.0 Å². The molecule has 0 saturated heterocycles. The van der Waals surface area contributed by atoms with E-state index in [1.54, 1.807) is 0 Å². The average Bonchev–Trinajstić information content (AvgIpc) is 2.37. The molecular weight excluding hydrogens is 270 g/mol. The average molecular weight is 290 g/mol. The highest BCUT2D eigenvalue weighted by Crippen LogP contribution is 2.27. The van der Waals surface area contributed by atoms with Crippen molar-refractivity contribution in [3.05, 3.63) is 63.7 Å². The Kier molecular flexibility index (Phi) is 4.69. The summed E-state index contributed by atoms with van der Waals surface area (Å²) in [6.07, 6.45) is 0. The molecule has 0 amide bonds. The summed E-state index contributed by atoms with van der Waals surface area (Å²) in [6, 6.07) is 12.0. The third-order valence-corrected chi connectivity index (χ3v) is 3.60. The van der Waals surface area contributed by atoms with Crippen LogP contribution in [0.15, 0.2) is 36.4 Å². The number of rotatable bonds is 4. The van der Waals surface area contributed by atoms with E-state index in [0.29, 0.717) is 6.61 Å². The van der Waals surface area contributed by atoms with E-state index in [9.17, 15) is 0 Å². The first-order chi connectivity index (χ1) is 9.47. The standard InChI is InChI=1S/C17H20ClNO/c1-11-4-6-14(16(18)8-11)10-20-17-9-12(2)5-7-15(17)13(3)19/h4-9,13H,10,19H2,1-3H3/t13-/m0/s1. The zero-order chi connectivity index (χ0) is 14.7. The molecule has 0 aliphatic carbocycles. The zero-order valence-electron chi connectivity index (χ0n) is 12.1. The predicted octanol–water partition coefficient (Wildman–Crippen LogP) is 4.56. The monoisotopic (exact) mass is 289 g/mol. The minimum Gasteiger partial charge on any atom is -0.488 e. The maximum absolute atomic E-state index is 6.22. The molecule has 0 bridgehead atoms. The molecule has 1 atom stereocenters. The molecule has 0 aromatic heterocycles. The molecule has 3 heteroatoms. The fraction of sp³-hybridized carbons (Fsp3) is 0.294. The molecule has 0 aliphatic rings. The summed E-state index contributed by atoms with van der Waals surface area (Å²) < 4.78 is 5.92. The summed E-state index contributed by atoms with van der Waals surface area (Å²) in [4.78, 5) is 0. The predicted molar refractivity (Wildman–Crippen MR) is 84.3 cm³/mol. The second-order valence-electron chi connectivity index (χ2n) is 5.21. The lowest BCUT2D eigenvalue weighted by Crippen LogP contribution is -2.08. The lowest BCUT2D eigenvalue weighted by Gasteiger charge is -2.15. The number of benzene rings is 2. The van der Waals surface area contributed by atoms with E-state index in [1.807, 2.05) is 57.2 Å². The summed E-state index contributed by atoms with van der Waals surface area (Å²) in [5.41, 5.74) is 10.3. The third-order valence-electron chi connectivity index (χ3n) is 3.25. The zero-order valence-corrected chi connectivity index (χ0v) is 12.9. The van der Waals surface area contributed by atoms with Crippen molar-refractivity contribution >= 4 is 11.6 Å². The Morgan fingerprint density at radius 3 is 2.40 bits per heavy atom. The minimum atomic E-state index is -0.0564. The molecule has 2 aromatic carbocycles. The number of hydrogen-bond donors (Lipinski definition) is 1. The van der Waals surface area contributed by atoms with Crippen LogP contribution in [0.25, 0.3) is 0 Å². The van der Waals surface area contributed by atoms with Gasteiger partial charge in [-0.15, -0.1) is 0 Å². The van der Waals surface area contributed by atoms with Gasteiger partial charge in [-0.1, -0.05) is 35.9 Å². The highest BCUT2D eigenvalue weighted by Gasteiger charge is 2.09. The number of aryl methyl sites for hydroxylation is 2. The molecule has 2 aromatic rings. The van der Waals surface area contributed by atoms with Gasteiger partial charge in [-0.05, 0) is 44.0 Å². The van der Waals surface area contributed by atoms with Crippen molar-refractivity contribution in [1.29, 1.82) is 0 Å². The van der Waals surface area contributed by atoms with Crippen molar-refractivity contribution in [2.24, 2.45) is 5.73 Å². The maximum atomic E-state index is 6.22. The van der Waals surface area contributed by atoms with Gasteiger partial charge in [0, 0.05) is 22.2 Å². The van der Waals surface area contributed by atoms with Crippen molar-refractivity contribution in [2.75, 3.05) is 0 Å². The first-order valence-electron chi connectivity index (χ1n) is 6.71. The SMILES string of the molecule is Cc1ccc(COc2cc(C)ccc2[C@H](C)N)c(Cl)c1. The second-order valence-corrected chi connectivity index (χ2v) is 5.62. The molecule has 0 aliphatic heterocycles. The Bertz CT molecular complexity index is 608. The van der Waals surface area contributed by atoms with Crippen molar-refractivity contribution < 1.29 is 4.74 Å². The summed E-state index contributed by atoms with van der Waals surface area (Å²) in [6.45, 7) is 6.46. The van der Waals surface area contributed by atoms with Crippen molar-refractivity contribution in [3.63, 3.8) is 0 Å². The Hall–Kier alpha value is -1.51. The van der Waals surface area contributed by atoms with Gasteiger partial charge in [0.05, 0.1) is 0 Å². The van der Waals surface area contributed by atoms with Crippen molar-refractivity contribution in [2.45, 2.75) is 33.4 Å². The van der Waals surface area contributed by atoms with Gasteiger partial charge in [0.2, 0.25) is 0 Å². The van der Waals surface area contributed by atoms with Gasteiger partial charge < -0.3 is 10.5 Å². The fourth-order valence-corrected chi connectivity index (χ4v) is 2.36. The summed E-state index contributed by atoms with van der Waals surface area (Å²) in [5, 5.41) is 0.736. The number of ether oxygens (including phenoxy) is 1. The van der Waals surface area contributed by atoms with Crippen LogP contribution < -0.4 is 10.5 Å². The van der Waals surface area contributed by atoms with Crippen molar-refractivity contribution in [1.82, 2.24) is 0 Å². The summed E-state index contributed by atoms with van der Waals surface area (Å²) in [5.74, 6) is 0.830. The molecular formula is C17H20ClNO. The Labute approximate surface area is 125 Å². The molecule has 2 nitrogen and oxygen atoms in total. The largest absolute Gasteiger partial charge is 0.488 e. The topological polar surface area (TPSA) is 35.2 Å². The van der Waals surface area contributed by atoms with Crippen molar-refractivity contribution in [3.8, 4) is 5.75 Å². The quantitative estimate of drug-likeness (QED) is 0.896. The van der Waals surface area contributed by atoms with E-state index in [1.165, 1.54) is 0 Å². The lowest BCUT2D eigenvalue weighted by atomic mass is 10.1. The first-order valence-corrected chi connectivity index (χ1v) is 7.09. The van der Waals surface area contributed by atoms with Crippen LogP contribution in [0.5, 0.6) is 5.75 Å². The number of nitrogens with two attached hydrogens (primary N) is 1. The molecule has 0 heterocycles. The van der Waals surface area contributed by atoms with E-state index >= 15 is 0 Å². The van der Waals surface area contributed by atoms with Gasteiger partial charge in [-0.3, -0.25) is 0 Å². The van der Waals surface area contributed by atoms with Crippen LogP contribution in [0.4, 0.5) is 0 Å². The Morgan fingerprint density at radius 1 is 1.10 bits per heavy atom. The van der Waals surface area contributed by atoms with Crippen LogP contribution in [-0.4, -0.2) is 0 Å². The lowest BCUT2D eigenvalue weighted by molar-refractivity contribution is 0.301. The Balaban J connectivity index is 2.20. The summed E-state index contributed by atoms with van der Waals surface area (Å²) >= 11 is 6.22. The van der Waals surface area contributed by atoms with Crippen LogP contribution in [0.3, 0.4) is 0 Å². The van der Waals surface area contributed by atoms with Crippen LogP contribution in [0.1, 0.15) is 35.2 Å². The van der Waals surface area contributed by atoms with Gasteiger partial charge in [0.15, 0.2) is 0 Å². The first kappa shape index (κ1) is 14.9. The molecule has 0 unspecified atom stereocenters. The summed E-state index contributed by atoms with van der Waals surface area (Å²) in [7, 11) is 0. The van der Waals surface area contributed by atoms with Gasteiger partial charge in [0.25, 0.3) is 0 Å². The molecule has 0 saturated carbocycles. The number of hydrogen-bond acceptors (Lipinski definition) is 2. The second kappa shape index (κ2) is 6.29. The Morgan fingerprint density at radius 2 is 1.75 bits per heavy atom. The minimum absolute atomic E-state index is 0.0564. The van der Waals surface area contributed by atoms with Gasteiger partial charge in [-0.2, -0.15) is 0 Å². The van der Waals surface area contributed by atoms with E-state index in [4.69, 9.17) is 22.1 Å². The maximum Gasteiger partial charge on any atom is 0.124 e. The van der Waals surface area contributed by atoms with Crippen LogP contribution in [-0.2, 0) is 6.61 Å². The highest BCUT2D eigenvalue weighted by molar-refractivity contribution is 6.31. The van der Waals surface area contributed by atoms with E-state index < -0.39 is 0 Å². The van der Waals surface area contributed by atoms with Gasteiger partial charge in [-0.25, -0.2) is 0 Å². The molecule has 0 spiro atoms. The molecule has 2 rings (SSSR count). The molecule has 106 valence electrons. The van der Waals surface area contributed by atoms with Gasteiger partial charge >= 0.3 is 0 Å². The smallest absolute Gasteiger partial charge is 0.124 e. The van der Waals surface area contributed by atoms with E-state index in [2.05, 4.69) is 0 Å². The normalized spacial score (nSPS) is 12.2. The molecule has 0 fully saturated rings. The molecule has 0 radical (unpaired) electrons. The molecule has 20 heavy (non-hydrogen) atoms. The highest BCUT2D eigenvalue weighted by atomic mass is 35.5. The van der Waals surface area contributed by atoms with Crippen LogP contribution in [0, 0.1) is 13.8 Å². The van der Waals surface area contributed by atoms with Crippen LogP contribution in [0.2, 0.25) is 5.02 Å². The molecule has 2 N–H and O–H groups in total.